The molecule has 2 rings (SSSR count). The molecule has 0 radical (unpaired) electrons. The molecule has 14 nitrogen and oxygen atoms in total. The highest BCUT2D eigenvalue weighted by molar-refractivity contribution is 5.76. The number of allylic oxidation sites excluding steroid dienone is 23. The van der Waals surface area contributed by atoms with Gasteiger partial charge in [0, 0.05) is 6.42 Å². The first-order valence-corrected chi connectivity index (χ1v) is 41.6. The van der Waals surface area contributed by atoms with Crippen LogP contribution in [0, 0.1) is 0 Å². The van der Waals surface area contributed by atoms with Crippen LogP contribution < -0.4 is 5.32 Å². The fraction of sp³-hybridized carbons (Fsp3) is 0.719. The van der Waals surface area contributed by atoms with E-state index < -0.39 is 86.8 Å². The quantitative estimate of drug-likeness (QED) is 0.0204. The summed E-state index contributed by atoms with van der Waals surface area (Å²) in [4.78, 5) is 13.4. The summed E-state index contributed by atoms with van der Waals surface area (Å²) in [5.41, 5.74) is 0. The normalized spacial score (nSPS) is 22.3. The average Bonchev–Trinajstić information content (AvgIpc) is 0.791. The number of unbranched alkanes of at least 4 members (excludes halogenated alkanes) is 33. The van der Waals surface area contributed by atoms with Gasteiger partial charge in [0.05, 0.1) is 32.0 Å². The van der Waals surface area contributed by atoms with Crippen LogP contribution in [0.3, 0.4) is 0 Å². The van der Waals surface area contributed by atoms with E-state index in [0.717, 1.165) is 109 Å². The zero-order valence-corrected chi connectivity index (χ0v) is 64.8. The molecular weight excluding hydrogens is 1290 g/mol. The first-order chi connectivity index (χ1) is 50.6. The second-order valence-corrected chi connectivity index (χ2v) is 28.5. The number of carbonyl (C=O) groups excluding carboxylic acids is 1. The van der Waals surface area contributed by atoms with Crippen LogP contribution in [0.2, 0.25) is 0 Å². The van der Waals surface area contributed by atoms with E-state index in [4.69, 9.17) is 18.9 Å². The molecule has 0 bridgehead atoms. The van der Waals surface area contributed by atoms with Gasteiger partial charge >= 0.3 is 0 Å². The van der Waals surface area contributed by atoms with Crippen molar-refractivity contribution < 1.29 is 64.6 Å². The molecule has 2 fully saturated rings. The maximum atomic E-state index is 13.4. The average molecular weight is 1440 g/mol. The van der Waals surface area contributed by atoms with Crippen molar-refractivity contribution in [2.24, 2.45) is 0 Å². The molecule has 1 amide bonds. The third kappa shape index (κ3) is 53.3. The number of aliphatic hydroxyl groups excluding tert-OH is 8. The van der Waals surface area contributed by atoms with Crippen molar-refractivity contribution in [3.63, 3.8) is 0 Å². The first-order valence-electron chi connectivity index (χ1n) is 41.6. The molecule has 2 heterocycles. The first kappa shape index (κ1) is 94.9. The molecular formula is C89H151NO13. The summed E-state index contributed by atoms with van der Waals surface area (Å²) in [7, 11) is 0. The molecule has 9 N–H and O–H groups in total. The standard InChI is InChI=1S/C89H151NO13/c1-3-5-7-9-11-13-15-17-19-21-23-25-27-29-31-33-35-36-37-38-39-40-41-42-43-45-47-49-51-53-55-57-59-61-63-65-67-69-71-73-81(94)90-77(76-100-88-86(99)84(97)87(80(75-92)102-88)103-89-85(98)83(96)82(95)79(74-91)101-89)78(93)72-70-68-66-64-62-60-58-56-54-52-50-48-46-44-34-32-30-28-26-24-22-20-18-16-14-12-10-8-6-4-2/h5,7,11,13,17,19,23,25,29,31,35-36,38-39,41-42,45,47,54,56,62,64,70,72,77-80,82-89,91-93,95-99H,3-4,6,8-10,12,14-16,18,20-22,24,26-28,30,32-34,37,40,43-44,46,48-53,55,57-61,63,65-69,71,73-76H2,1-2H3,(H,90,94)/b7-5-,13-11-,19-17-,25-23-,31-29-,36-35-,39-38-,42-41-,47-45-,56-54+,64-62+,72-70+. The van der Waals surface area contributed by atoms with Gasteiger partial charge < -0.3 is 65.1 Å². The Kier molecular flexibility index (Phi) is 65.3. The van der Waals surface area contributed by atoms with Gasteiger partial charge in [-0.15, -0.1) is 0 Å². The number of hydrogen-bond acceptors (Lipinski definition) is 13. The Bertz CT molecular complexity index is 2300. The van der Waals surface area contributed by atoms with Crippen molar-refractivity contribution in [3.05, 3.63) is 146 Å². The molecule has 0 aliphatic carbocycles. The smallest absolute Gasteiger partial charge is 0.220 e. The van der Waals surface area contributed by atoms with Gasteiger partial charge in [-0.1, -0.05) is 339 Å². The zero-order valence-electron chi connectivity index (χ0n) is 64.8. The molecule has 0 aromatic heterocycles. The van der Waals surface area contributed by atoms with Crippen LogP contribution in [0.15, 0.2) is 146 Å². The fourth-order valence-electron chi connectivity index (χ4n) is 12.7. The van der Waals surface area contributed by atoms with Crippen molar-refractivity contribution >= 4 is 5.91 Å². The summed E-state index contributed by atoms with van der Waals surface area (Å²) in [5, 5.41) is 87.7. The lowest BCUT2D eigenvalue weighted by Gasteiger charge is -2.46. The van der Waals surface area contributed by atoms with Gasteiger partial charge in [-0.05, 0) is 116 Å². The van der Waals surface area contributed by atoms with Gasteiger partial charge in [0.25, 0.3) is 0 Å². The van der Waals surface area contributed by atoms with E-state index >= 15 is 0 Å². The molecule has 12 unspecified atom stereocenters. The Morgan fingerprint density at radius 3 is 1.07 bits per heavy atom. The van der Waals surface area contributed by atoms with Crippen LogP contribution in [0.1, 0.15) is 316 Å². The Balaban J connectivity index is 1.64. The highest BCUT2D eigenvalue weighted by atomic mass is 16.7. The molecule has 103 heavy (non-hydrogen) atoms. The maximum absolute atomic E-state index is 13.4. The molecule has 2 aliphatic rings. The van der Waals surface area contributed by atoms with Crippen LogP contribution in [0.4, 0.5) is 0 Å². The van der Waals surface area contributed by atoms with Crippen LogP contribution in [-0.2, 0) is 23.7 Å². The summed E-state index contributed by atoms with van der Waals surface area (Å²) >= 11 is 0. The van der Waals surface area contributed by atoms with Crippen molar-refractivity contribution in [2.75, 3.05) is 19.8 Å². The molecule has 12 atom stereocenters. The lowest BCUT2D eigenvalue weighted by Crippen LogP contribution is -2.65. The number of aliphatic hydroxyl groups is 8. The van der Waals surface area contributed by atoms with Crippen molar-refractivity contribution in [1.29, 1.82) is 0 Å². The van der Waals surface area contributed by atoms with E-state index in [9.17, 15) is 45.6 Å². The van der Waals surface area contributed by atoms with Gasteiger partial charge in [0.2, 0.25) is 5.91 Å². The van der Waals surface area contributed by atoms with E-state index in [1.165, 1.54) is 173 Å². The lowest BCUT2D eigenvalue weighted by atomic mass is 9.97. The third-order valence-electron chi connectivity index (χ3n) is 19.2. The van der Waals surface area contributed by atoms with Crippen LogP contribution in [0.25, 0.3) is 0 Å². The van der Waals surface area contributed by atoms with Crippen molar-refractivity contribution in [2.45, 2.75) is 389 Å². The second-order valence-electron chi connectivity index (χ2n) is 28.5. The second kappa shape index (κ2) is 70.8. The minimum atomic E-state index is -1.80. The molecule has 0 spiro atoms. The summed E-state index contributed by atoms with van der Waals surface area (Å²) in [5.74, 6) is -0.259. The number of rotatable bonds is 68. The van der Waals surface area contributed by atoms with Gasteiger partial charge in [-0.3, -0.25) is 4.79 Å². The highest BCUT2D eigenvalue weighted by Gasteiger charge is 2.51. The van der Waals surface area contributed by atoms with Gasteiger partial charge in [-0.2, -0.15) is 0 Å². The minimum Gasteiger partial charge on any atom is -0.394 e. The Labute approximate surface area is 627 Å². The van der Waals surface area contributed by atoms with E-state index in [0.29, 0.717) is 12.8 Å². The van der Waals surface area contributed by atoms with Crippen LogP contribution in [0.5, 0.6) is 0 Å². The van der Waals surface area contributed by atoms with Gasteiger partial charge in [0.15, 0.2) is 12.6 Å². The monoisotopic (exact) mass is 1440 g/mol. The predicted octanol–water partition coefficient (Wildman–Crippen LogP) is 19.5. The van der Waals surface area contributed by atoms with Crippen LogP contribution in [-0.4, -0.2) is 140 Å². The van der Waals surface area contributed by atoms with Crippen molar-refractivity contribution in [1.82, 2.24) is 5.32 Å². The molecule has 590 valence electrons. The Morgan fingerprint density at radius 2 is 0.680 bits per heavy atom. The number of carbonyl (C=O) groups is 1. The SMILES string of the molecule is CC/C=C\C/C=C\C/C=C\C/C=C\C/C=C\C/C=C\C/C=C\C/C=C\C/C=C\CCCCCCCCCCCCCC(=O)NC(COC1OC(CO)C(OC2OC(CO)C(O)C(O)C2O)C(O)C1O)C(O)/C=C/CC/C=C/CC/C=C/CCCCCCCCCCCCCCCCCCCCCC. The van der Waals surface area contributed by atoms with Gasteiger partial charge in [-0.25, -0.2) is 0 Å². The minimum absolute atomic E-state index is 0.258. The number of nitrogens with one attached hydrogen (secondary N) is 1. The van der Waals surface area contributed by atoms with E-state index in [2.05, 4.69) is 153 Å². The van der Waals surface area contributed by atoms with E-state index in [1.54, 1.807) is 6.08 Å². The van der Waals surface area contributed by atoms with Crippen LogP contribution >= 0.6 is 0 Å². The maximum Gasteiger partial charge on any atom is 0.220 e. The number of hydrogen-bond donors (Lipinski definition) is 9. The third-order valence-corrected chi connectivity index (χ3v) is 19.2. The molecule has 14 heteroatoms. The lowest BCUT2D eigenvalue weighted by molar-refractivity contribution is -0.359. The van der Waals surface area contributed by atoms with E-state index in [-0.39, 0.29) is 18.9 Å². The van der Waals surface area contributed by atoms with E-state index in [1.807, 2.05) is 6.08 Å². The molecule has 2 aliphatic heterocycles. The summed E-state index contributed by atoms with van der Waals surface area (Å²) in [6.07, 6.45) is 90.7. The van der Waals surface area contributed by atoms with Crippen molar-refractivity contribution in [3.8, 4) is 0 Å². The Morgan fingerprint density at radius 1 is 0.359 bits per heavy atom. The molecule has 2 saturated heterocycles. The molecule has 0 aromatic rings. The summed E-state index contributed by atoms with van der Waals surface area (Å²) in [6.45, 7) is 2.68. The highest BCUT2D eigenvalue weighted by Crippen LogP contribution is 2.30. The molecule has 0 aromatic carbocycles. The summed E-state index contributed by atoms with van der Waals surface area (Å²) in [6, 6.07) is -0.952. The van der Waals surface area contributed by atoms with Gasteiger partial charge in [0.1, 0.15) is 48.8 Å². The largest absolute Gasteiger partial charge is 0.394 e. The molecule has 0 saturated carbocycles. The topological polar surface area (TPSA) is 228 Å². The predicted molar refractivity (Wildman–Crippen MR) is 428 cm³/mol. The zero-order chi connectivity index (χ0) is 74.4. The number of amides is 1. The fourth-order valence-corrected chi connectivity index (χ4v) is 12.7. The Hall–Kier alpha value is -4.13. The summed E-state index contributed by atoms with van der Waals surface area (Å²) < 4.78 is 22.9. The number of ether oxygens (including phenoxy) is 4.